The molecular formula is C22H27NO5S. The van der Waals surface area contributed by atoms with E-state index < -0.39 is 10.0 Å². The smallest absolute Gasteiger partial charge is 0.305 e. The van der Waals surface area contributed by atoms with Crippen molar-refractivity contribution in [3.8, 4) is 5.75 Å². The Labute approximate surface area is 172 Å². The third kappa shape index (κ3) is 4.24. The van der Waals surface area contributed by atoms with Gasteiger partial charge in [0.1, 0.15) is 5.75 Å². The fourth-order valence-electron chi connectivity index (χ4n) is 3.63. The summed E-state index contributed by atoms with van der Waals surface area (Å²) < 4.78 is 38.2. The van der Waals surface area contributed by atoms with E-state index in [-0.39, 0.29) is 29.7 Å². The Kier molecular flexibility index (Phi) is 6.17. The molecular weight excluding hydrogens is 390 g/mol. The van der Waals surface area contributed by atoms with Gasteiger partial charge in [0.25, 0.3) is 10.0 Å². The van der Waals surface area contributed by atoms with E-state index in [1.54, 1.807) is 31.4 Å². The van der Waals surface area contributed by atoms with E-state index in [1.165, 1.54) is 11.4 Å². The van der Waals surface area contributed by atoms with Gasteiger partial charge in [-0.2, -0.15) is 0 Å². The van der Waals surface area contributed by atoms with E-state index in [0.717, 1.165) is 11.1 Å². The molecule has 1 unspecified atom stereocenters. The molecule has 0 N–H and O–H groups in total. The van der Waals surface area contributed by atoms with Gasteiger partial charge in [0, 0.05) is 18.9 Å². The molecule has 0 radical (unpaired) electrons. The first-order valence-corrected chi connectivity index (χ1v) is 11.1. The maximum atomic E-state index is 13.4. The topological polar surface area (TPSA) is 72.9 Å². The van der Waals surface area contributed by atoms with E-state index in [1.807, 2.05) is 18.2 Å². The minimum absolute atomic E-state index is 0.107. The van der Waals surface area contributed by atoms with Crippen LogP contribution in [0.4, 0.5) is 5.69 Å². The van der Waals surface area contributed by atoms with Gasteiger partial charge in [0.2, 0.25) is 0 Å². The number of anilines is 1. The number of esters is 1. The maximum Gasteiger partial charge on any atom is 0.305 e. The SMILES string of the molecule is COC(=O)CCC1CN(S(=O)(=O)c2ccc(C(C)C)cc2)c2ccc(OC)cc21. The predicted molar refractivity (Wildman–Crippen MR) is 112 cm³/mol. The number of nitrogens with zero attached hydrogens (tertiary/aromatic N) is 1. The van der Waals surface area contributed by atoms with E-state index in [9.17, 15) is 13.2 Å². The van der Waals surface area contributed by atoms with Crippen LogP contribution in [0.3, 0.4) is 0 Å². The lowest BCUT2D eigenvalue weighted by Gasteiger charge is -2.20. The third-order valence-electron chi connectivity index (χ3n) is 5.39. The van der Waals surface area contributed by atoms with Gasteiger partial charge in [-0.1, -0.05) is 26.0 Å². The lowest BCUT2D eigenvalue weighted by atomic mass is 9.96. The van der Waals surface area contributed by atoms with E-state index in [0.29, 0.717) is 23.8 Å². The third-order valence-corrected chi connectivity index (χ3v) is 7.18. The molecule has 156 valence electrons. The van der Waals surface area contributed by atoms with Crippen molar-refractivity contribution < 1.29 is 22.7 Å². The van der Waals surface area contributed by atoms with Crippen LogP contribution < -0.4 is 9.04 Å². The molecule has 6 nitrogen and oxygen atoms in total. The summed E-state index contributed by atoms with van der Waals surface area (Å²) in [6.45, 7) is 4.42. The molecule has 0 amide bonds. The normalized spacial score (nSPS) is 16.0. The molecule has 0 spiro atoms. The van der Waals surface area contributed by atoms with Gasteiger partial charge in [-0.25, -0.2) is 8.42 Å². The van der Waals surface area contributed by atoms with Gasteiger partial charge in [-0.15, -0.1) is 0 Å². The van der Waals surface area contributed by atoms with Crippen LogP contribution in [0.25, 0.3) is 0 Å². The number of sulfonamides is 1. The highest BCUT2D eigenvalue weighted by atomic mass is 32.2. The summed E-state index contributed by atoms with van der Waals surface area (Å²) in [6.07, 6.45) is 0.736. The van der Waals surface area contributed by atoms with Gasteiger partial charge >= 0.3 is 5.97 Å². The number of ether oxygens (including phenoxy) is 2. The molecule has 1 aliphatic heterocycles. The van der Waals surface area contributed by atoms with Crippen LogP contribution >= 0.6 is 0 Å². The van der Waals surface area contributed by atoms with Crippen molar-refractivity contribution >= 4 is 21.7 Å². The molecule has 1 heterocycles. The average Bonchev–Trinajstić information content (AvgIpc) is 3.10. The zero-order valence-electron chi connectivity index (χ0n) is 17.2. The highest BCUT2D eigenvalue weighted by molar-refractivity contribution is 7.92. The lowest BCUT2D eigenvalue weighted by molar-refractivity contribution is -0.140. The predicted octanol–water partition coefficient (Wildman–Crippen LogP) is 4.06. The number of fused-ring (bicyclic) bond motifs is 1. The van der Waals surface area contributed by atoms with Crippen molar-refractivity contribution in [3.05, 3.63) is 53.6 Å². The Morgan fingerprint density at radius 3 is 2.41 bits per heavy atom. The molecule has 2 aromatic carbocycles. The van der Waals surface area contributed by atoms with Crippen LogP contribution in [0, 0.1) is 0 Å². The van der Waals surface area contributed by atoms with E-state index in [4.69, 9.17) is 9.47 Å². The summed E-state index contributed by atoms with van der Waals surface area (Å²) in [5.74, 6) is 0.575. The van der Waals surface area contributed by atoms with Crippen LogP contribution in [0.1, 0.15) is 49.7 Å². The summed E-state index contributed by atoms with van der Waals surface area (Å²) in [4.78, 5) is 11.9. The number of hydrogen-bond donors (Lipinski definition) is 0. The average molecular weight is 418 g/mol. The molecule has 2 aromatic rings. The molecule has 1 aliphatic rings. The summed E-state index contributed by atoms with van der Waals surface area (Å²) >= 11 is 0. The molecule has 0 saturated carbocycles. The van der Waals surface area contributed by atoms with E-state index >= 15 is 0 Å². The lowest BCUT2D eigenvalue weighted by Crippen LogP contribution is -2.30. The molecule has 0 saturated heterocycles. The fraction of sp³-hybridized carbons (Fsp3) is 0.409. The van der Waals surface area contributed by atoms with Crippen molar-refractivity contribution in [1.29, 1.82) is 0 Å². The molecule has 29 heavy (non-hydrogen) atoms. The molecule has 7 heteroatoms. The summed E-state index contributed by atoms with van der Waals surface area (Å²) in [7, 11) is -0.788. The maximum absolute atomic E-state index is 13.4. The quantitative estimate of drug-likeness (QED) is 0.635. The van der Waals surface area contributed by atoms with Crippen LogP contribution in [0.15, 0.2) is 47.4 Å². The summed E-state index contributed by atoms with van der Waals surface area (Å²) in [5.41, 5.74) is 2.59. The Hall–Kier alpha value is -2.54. The van der Waals surface area contributed by atoms with Gasteiger partial charge in [-0.05, 0) is 53.8 Å². The Morgan fingerprint density at radius 1 is 1.14 bits per heavy atom. The standard InChI is InChI=1S/C22H27NO5S/c1-15(2)16-5-9-19(10-6-16)29(25,26)23-14-17(7-12-22(24)28-4)20-13-18(27-3)8-11-21(20)23/h5-6,8-11,13,15,17H,7,12,14H2,1-4H3. The van der Waals surface area contributed by atoms with Crippen LogP contribution in [0.2, 0.25) is 0 Å². The van der Waals surface area contributed by atoms with Crippen molar-refractivity contribution in [3.63, 3.8) is 0 Å². The molecule has 3 rings (SSSR count). The first-order chi connectivity index (χ1) is 13.8. The van der Waals surface area contributed by atoms with Gasteiger partial charge in [0.05, 0.1) is 24.8 Å². The van der Waals surface area contributed by atoms with Gasteiger partial charge in [-0.3, -0.25) is 9.10 Å². The van der Waals surface area contributed by atoms with Crippen molar-refractivity contribution in [1.82, 2.24) is 0 Å². The molecule has 0 fully saturated rings. The minimum Gasteiger partial charge on any atom is -0.497 e. The van der Waals surface area contributed by atoms with Crippen molar-refractivity contribution in [2.45, 2.75) is 43.4 Å². The Bertz CT molecular complexity index is 983. The van der Waals surface area contributed by atoms with Crippen LogP contribution in [0.5, 0.6) is 5.75 Å². The Morgan fingerprint density at radius 2 is 1.83 bits per heavy atom. The zero-order valence-corrected chi connectivity index (χ0v) is 18.0. The Balaban J connectivity index is 1.96. The molecule has 0 bridgehead atoms. The van der Waals surface area contributed by atoms with E-state index in [2.05, 4.69) is 13.8 Å². The molecule has 1 atom stereocenters. The minimum atomic E-state index is -3.71. The highest BCUT2D eigenvalue weighted by Crippen LogP contribution is 2.43. The second-order valence-corrected chi connectivity index (χ2v) is 9.36. The van der Waals surface area contributed by atoms with Gasteiger partial charge in [0.15, 0.2) is 0 Å². The number of rotatable bonds is 7. The number of benzene rings is 2. The fourth-order valence-corrected chi connectivity index (χ4v) is 5.17. The van der Waals surface area contributed by atoms with Crippen molar-refractivity contribution in [2.75, 3.05) is 25.1 Å². The van der Waals surface area contributed by atoms with Gasteiger partial charge < -0.3 is 9.47 Å². The number of carbonyl (C=O) groups excluding carboxylic acids is 1. The number of carbonyl (C=O) groups is 1. The summed E-state index contributed by atoms with van der Waals surface area (Å²) in [6, 6.07) is 12.4. The second-order valence-electron chi connectivity index (χ2n) is 7.50. The zero-order chi connectivity index (χ0) is 21.2. The first kappa shape index (κ1) is 21.2. The van der Waals surface area contributed by atoms with Crippen LogP contribution in [-0.2, 0) is 19.6 Å². The number of hydrogen-bond acceptors (Lipinski definition) is 5. The largest absolute Gasteiger partial charge is 0.497 e. The second kappa shape index (κ2) is 8.45. The highest BCUT2D eigenvalue weighted by Gasteiger charge is 2.37. The molecule has 0 aliphatic carbocycles. The molecule has 0 aromatic heterocycles. The monoisotopic (exact) mass is 417 g/mol. The van der Waals surface area contributed by atoms with Crippen molar-refractivity contribution in [2.24, 2.45) is 0 Å². The summed E-state index contributed by atoms with van der Waals surface area (Å²) in [5, 5.41) is 0. The van der Waals surface area contributed by atoms with Crippen LogP contribution in [-0.4, -0.2) is 35.2 Å². The first-order valence-electron chi connectivity index (χ1n) is 9.65. The number of methoxy groups -OCH3 is 2.